The van der Waals surface area contributed by atoms with E-state index in [-0.39, 0.29) is 0 Å². The molecule has 0 heterocycles. The average Bonchev–Trinajstić information content (AvgIpc) is 2.66. The normalized spacial score (nSPS) is 36.6. The first-order valence-corrected chi connectivity index (χ1v) is 7.79. The topological polar surface area (TPSA) is 44.0 Å². The number of hydrogen-bond donors (Lipinski definition) is 1. The van der Waals surface area contributed by atoms with Crippen LogP contribution in [0.5, 0.6) is 0 Å². The van der Waals surface area contributed by atoms with Gasteiger partial charge in [0.2, 0.25) is 0 Å². The maximum Gasteiger partial charge on any atom is 0.0860 e. The Balaban J connectivity index is 2.13. The third-order valence-corrected chi connectivity index (χ3v) is 5.57. The van der Waals surface area contributed by atoms with E-state index in [2.05, 4.69) is 13.0 Å². The Bertz CT molecular complexity index is 302. The van der Waals surface area contributed by atoms with E-state index >= 15 is 0 Å². The Morgan fingerprint density at radius 1 is 1.06 bits per heavy atom. The van der Waals surface area contributed by atoms with Crippen molar-refractivity contribution in [3.05, 3.63) is 0 Å². The molecule has 2 aliphatic carbocycles. The van der Waals surface area contributed by atoms with Crippen LogP contribution >= 0.6 is 0 Å². The number of nitriles is 1. The summed E-state index contributed by atoms with van der Waals surface area (Å²) in [6.07, 6.45) is 11.7. The van der Waals surface area contributed by atoms with Gasteiger partial charge in [0.1, 0.15) is 0 Å². The van der Waals surface area contributed by atoms with Crippen LogP contribution in [0.2, 0.25) is 0 Å². The van der Waals surface area contributed by atoms with Gasteiger partial charge in [0.05, 0.1) is 17.1 Å². The van der Waals surface area contributed by atoms with E-state index in [1.54, 1.807) is 0 Å². The fraction of sp³-hybridized carbons (Fsp3) is 0.938. The SMILES string of the molecule is CCC1CCC(O)(C2(C#N)CCCCCC2)CC1. The Labute approximate surface area is 111 Å². The first-order chi connectivity index (χ1) is 8.66. The van der Waals surface area contributed by atoms with Gasteiger partial charge in [-0.05, 0) is 44.4 Å². The van der Waals surface area contributed by atoms with Crippen LogP contribution < -0.4 is 0 Å². The molecule has 0 aromatic carbocycles. The summed E-state index contributed by atoms with van der Waals surface area (Å²) in [7, 11) is 0. The van der Waals surface area contributed by atoms with Crippen molar-refractivity contribution in [1.82, 2.24) is 0 Å². The Kier molecular flexibility index (Phi) is 4.33. The van der Waals surface area contributed by atoms with Crippen LogP contribution in [0.25, 0.3) is 0 Å². The summed E-state index contributed by atoms with van der Waals surface area (Å²) in [6, 6.07) is 2.55. The lowest BCUT2D eigenvalue weighted by Gasteiger charge is -2.46. The fourth-order valence-corrected chi connectivity index (χ4v) is 4.06. The van der Waals surface area contributed by atoms with Crippen molar-refractivity contribution in [2.24, 2.45) is 11.3 Å². The van der Waals surface area contributed by atoms with Gasteiger partial charge in [0.25, 0.3) is 0 Å². The van der Waals surface area contributed by atoms with E-state index < -0.39 is 11.0 Å². The van der Waals surface area contributed by atoms with E-state index in [4.69, 9.17) is 0 Å². The van der Waals surface area contributed by atoms with Crippen molar-refractivity contribution in [2.75, 3.05) is 0 Å². The van der Waals surface area contributed by atoms with E-state index in [0.717, 1.165) is 57.3 Å². The number of hydrogen-bond acceptors (Lipinski definition) is 2. The van der Waals surface area contributed by atoms with Gasteiger partial charge in [0, 0.05) is 0 Å². The van der Waals surface area contributed by atoms with Gasteiger partial charge in [-0.3, -0.25) is 0 Å². The lowest BCUT2D eigenvalue weighted by molar-refractivity contribution is -0.0974. The van der Waals surface area contributed by atoms with E-state index in [1.165, 1.54) is 19.3 Å². The Morgan fingerprint density at radius 3 is 2.06 bits per heavy atom. The van der Waals surface area contributed by atoms with Crippen LogP contribution in [-0.4, -0.2) is 10.7 Å². The molecule has 2 fully saturated rings. The second-order valence-electron chi connectivity index (χ2n) is 6.49. The summed E-state index contributed by atoms with van der Waals surface area (Å²) in [5.41, 5.74) is -1.14. The molecule has 0 aromatic rings. The molecule has 0 saturated heterocycles. The molecular formula is C16H27NO. The maximum atomic E-state index is 11.1. The summed E-state index contributed by atoms with van der Waals surface area (Å²) >= 11 is 0. The lowest BCUT2D eigenvalue weighted by atomic mass is 9.60. The largest absolute Gasteiger partial charge is 0.388 e. The van der Waals surface area contributed by atoms with Gasteiger partial charge in [-0.25, -0.2) is 0 Å². The summed E-state index contributed by atoms with van der Waals surface area (Å²) in [5.74, 6) is 0.770. The van der Waals surface area contributed by atoms with Gasteiger partial charge < -0.3 is 5.11 Å². The minimum Gasteiger partial charge on any atom is -0.388 e. The smallest absolute Gasteiger partial charge is 0.0860 e. The van der Waals surface area contributed by atoms with Gasteiger partial charge >= 0.3 is 0 Å². The highest BCUT2D eigenvalue weighted by atomic mass is 16.3. The van der Waals surface area contributed by atoms with Crippen molar-refractivity contribution in [3.8, 4) is 6.07 Å². The molecule has 2 nitrogen and oxygen atoms in total. The van der Waals surface area contributed by atoms with Crippen molar-refractivity contribution in [1.29, 1.82) is 5.26 Å². The molecule has 2 heteroatoms. The van der Waals surface area contributed by atoms with Crippen molar-refractivity contribution in [2.45, 2.75) is 83.2 Å². The van der Waals surface area contributed by atoms with Crippen LogP contribution in [0.4, 0.5) is 0 Å². The third kappa shape index (κ3) is 2.43. The second kappa shape index (κ2) is 5.61. The quantitative estimate of drug-likeness (QED) is 0.746. The molecule has 0 aromatic heterocycles. The molecule has 0 radical (unpaired) electrons. The fourth-order valence-electron chi connectivity index (χ4n) is 4.06. The Morgan fingerprint density at radius 2 is 1.61 bits per heavy atom. The Hall–Kier alpha value is -0.550. The lowest BCUT2D eigenvalue weighted by Crippen LogP contribution is -2.49. The highest BCUT2D eigenvalue weighted by Gasteiger charge is 2.51. The molecule has 0 bridgehead atoms. The predicted molar refractivity (Wildman–Crippen MR) is 72.9 cm³/mol. The summed E-state index contributed by atoms with van der Waals surface area (Å²) < 4.78 is 0. The molecule has 0 aliphatic heterocycles. The van der Waals surface area contributed by atoms with Crippen molar-refractivity contribution < 1.29 is 5.11 Å². The van der Waals surface area contributed by atoms with Crippen LogP contribution in [-0.2, 0) is 0 Å². The van der Waals surface area contributed by atoms with Gasteiger partial charge in [0.15, 0.2) is 0 Å². The number of aliphatic hydroxyl groups is 1. The molecule has 2 rings (SSSR count). The van der Waals surface area contributed by atoms with E-state index in [1.807, 2.05) is 0 Å². The van der Waals surface area contributed by atoms with Crippen LogP contribution in [0.1, 0.15) is 77.6 Å². The van der Waals surface area contributed by atoms with Crippen molar-refractivity contribution in [3.63, 3.8) is 0 Å². The summed E-state index contributed by atoms with van der Waals surface area (Å²) in [6.45, 7) is 2.24. The highest BCUT2D eigenvalue weighted by Crippen LogP contribution is 2.51. The first kappa shape index (κ1) is 13.9. The number of rotatable bonds is 2. The van der Waals surface area contributed by atoms with Crippen LogP contribution in [0.3, 0.4) is 0 Å². The average molecular weight is 249 g/mol. The molecule has 18 heavy (non-hydrogen) atoms. The number of nitrogens with zero attached hydrogens (tertiary/aromatic N) is 1. The predicted octanol–water partition coefficient (Wildman–Crippen LogP) is 4.18. The molecule has 2 saturated carbocycles. The molecule has 1 N–H and O–H groups in total. The third-order valence-electron chi connectivity index (χ3n) is 5.57. The zero-order valence-corrected chi connectivity index (χ0v) is 11.7. The van der Waals surface area contributed by atoms with E-state index in [9.17, 15) is 10.4 Å². The van der Waals surface area contributed by atoms with Crippen LogP contribution in [0.15, 0.2) is 0 Å². The van der Waals surface area contributed by atoms with Crippen molar-refractivity contribution >= 4 is 0 Å². The molecule has 0 unspecified atom stereocenters. The molecule has 0 spiro atoms. The summed E-state index contributed by atoms with van der Waals surface area (Å²) in [4.78, 5) is 0. The first-order valence-electron chi connectivity index (χ1n) is 7.79. The summed E-state index contributed by atoms with van der Waals surface area (Å²) in [5, 5.41) is 20.8. The van der Waals surface area contributed by atoms with Gasteiger partial charge in [-0.2, -0.15) is 5.26 Å². The zero-order valence-electron chi connectivity index (χ0n) is 11.7. The minimum atomic E-state index is -0.697. The van der Waals surface area contributed by atoms with Gasteiger partial charge in [-0.15, -0.1) is 0 Å². The molecular weight excluding hydrogens is 222 g/mol. The minimum absolute atomic E-state index is 0.442. The van der Waals surface area contributed by atoms with E-state index in [0.29, 0.717) is 0 Å². The molecule has 102 valence electrons. The monoisotopic (exact) mass is 249 g/mol. The van der Waals surface area contributed by atoms with Crippen LogP contribution in [0, 0.1) is 22.7 Å². The highest BCUT2D eigenvalue weighted by molar-refractivity contribution is 5.13. The molecule has 0 amide bonds. The van der Waals surface area contributed by atoms with Gasteiger partial charge in [-0.1, -0.05) is 39.0 Å². The zero-order chi connectivity index (χ0) is 13.1. The second-order valence-corrected chi connectivity index (χ2v) is 6.49. The maximum absolute atomic E-state index is 11.1. The molecule has 2 aliphatic rings. The molecule has 0 atom stereocenters. The standard InChI is InChI=1S/C16H27NO/c1-2-14-7-11-16(18,12-8-14)15(13-17)9-5-3-4-6-10-15/h14,18H,2-12H2,1H3.